The molecular formula is C15H27N5O2S. The van der Waals surface area contributed by atoms with Gasteiger partial charge in [0.2, 0.25) is 16.0 Å². The molecule has 0 atom stereocenters. The summed E-state index contributed by atoms with van der Waals surface area (Å²) in [6, 6.07) is 1.99. The fourth-order valence-corrected chi connectivity index (χ4v) is 3.75. The smallest absolute Gasteiger partial charge is 0.224 e. The quantitative estimate of drug-likeness (QED) is 0.662. The number of aryl methyl sites for hydroxylation is 1. The van der Waals surface area contributed by atoms with Crippen molar-refractivity contribution in [3.63, 3.8) is 0 Å². The molecule has 0 spiro atoms. The molecule has 0 amide bonds. The van der Waals surface area contributed by atoms with E-state index in [9.17, 15) is 8.42 Å². The van der Waals surface area contributed by atoms with E-state index in [4.69, 9.17) is 0 Å². The third kappa shape index (κ3) is 5.95. The number of aromatic nitrogens is 2. The summed E-state index contributed by atoms with van der Waals surface area (Å²) in [4.78, 5) is 11.1. The summed E-state index contributed by atoms with van der Waals surface area (Å²) in [6.07, 6.45) is 3.95. The van der Waals surface area contributed by atoms with Crippen LogP contribution in [0.25, 0.3) is 0 Å². The third-order valence-electron chi connectivity index (χ3n) is 3.77. The molecule has 1 aromatic heterocycles. The molecular weight excluding hydrogens is 314 g/mol. The second-order valence-corrected chi connectivity index (χ2v) is 7.81. The Morgan fingerprint density at radius 2 is 1.96 bits per heavy atom. The first-order valence-corrected chi connectivity index (χ1v) is 9.97. The standard InChI is InChI=1S/C15H27N5O2S/c1-3-4-11-23(21,22)17-8-7-16-15-18-13(2)12-14(19-15)20-9-5-6-10-20/h12,17H,3-11H2,1-2H3,(H,16,18,19). The van der Waals surface area contributed by atoms with Gasteiger partial charge in [0.15, 0.2) is 0 Å². The van der Waals surface area contributed by atoms with E-state index in [1.54, 1.807) is 0 Å². The average molecular weight is 341 g/mol. The highest BCUT2D eigenvalue weighted by atomic mass is 32.2. The van der Waals surface area contributed by atoms with Gasteiger partial charge in [-0.2, -0.15) is 4.98 Å². The lowest BCUT2D eigenvalue weighted by atomic mass is 10.4. The molecule has 0 saturated carbocycles. The summed E-state index contributed by atoms with van der Waals surface area (Å²) in [5.41, 5.74) is 0.910. The predicted octanol–water partition coefficient (Wildman–Crippen LogP) is 1.52. The summed E-state index contributed by atoms with van der Waals surface area (Å²) in [7, 11) is -3.17. The van der Waals surface area contributed by atoms with Gasteiger partial charge in [-0.1, -0.05) is 13.3 Å². The first-order chi connectivity index (χ1) is 11.0. The van der Waals surface area contributed by atoms with Crippen molar-refractivity contribution in [2.24, 2.45) is 0 Å². The molecule has 1 aromatic rings. The summed E-state index contributed by atoms with van der Waals surface area (Å²) in [5.74, 6) is 1.68. The van der Waals surface area contributed by atoms with E-state index in [0.29, 0.717) is 25.5 Å². The molecule has 1 saturated heterocycles. The SMILES string of the molecule is CCCCS(=O)(=O)NCCNc1nc(C)cc(N2CCCC2)n1. The number of anilines is 2. The van der Waals surface area contributed by atoms with Crippen LogP contribution in [0.2, 0.25) is 0 Å². The van der Waals surface area contributed by atoms with Crippen molar-refractivity contribution >= 4 is 21.8 Å². The molecule has 2 N–H and O–H groups in total. The molecule has 1 fully saturated rings. The molecule has 0 unspecified atom stereocenters. The zero-order valence-corrected chi connectivity index (χ0v) is 14.8. The van der Waals surface area contributed by atoms with Crippen LogP contribution in [0.3, 0.4) is 0 Å². The van der Waals surface area contributed by atoms with Crippen molar-refractivity contribution in [1.82, 2.24) is 14.7 Å². The summed E-state index contributed by atoms with van der Waals surface area (Å²) >= 11 is 0. The second-order valence-electron chi connectivity index (χ2n) is 5.88. The average Bonchev–Trinajstić information content (AvgIpc) is 3.04. The fraction of sp³-hybridized carbons (Fsp3) is 0.733. The van der Waals surface area contributed by atoms with E-state index < -0.39 is 10.0 Å². The van der Waals surface area contributed by atoms with Gasteiger partial charge in [-0.3, -0.25) is 0 Å². The van der Waals surface area contributed by atoms with Crippen molar-refractivity contribution in [2.75, 3.05) is 42.1 Å². The number of nitrogens with zero attached hydrogens (tertiary/aromatic N) is 3. The van der Waals surface area contributed by atoms with Gasteiger partial charge in [0.1, 0.15) is 5.82 Å². The van der Waals surface area contributed by atoms with E-state index in [2.05, 4.69) is 24.9 Å². The zero-order valence-electron chi connectivity index (χ0n) is 14.0. The molecule has 23 heavy (non-hydrogen) atoms. The Morgan fingerprint density at radius 1 is 1.22 bits per heavy atom. The Morgan fingerprint density at radius 3 is 2.65 bits per heavy atom. The first kappa shape index (κ1) is 17.9. The fourth-order valence-electron chi connectivity index (χ4n) is 2.53. The van der Waals surface area contributed by atoms with E-state index in [1.807, 2.05) is 19.9 Å². The summed E-state index contributed by atoms with van der Waals surface area (Å²) < 4.78 is 26.0. The van der Waals surface area contributed by atoms with Gasteiger partial charge < -0.3 is 10.2 Å². The number of unbranched alkanes of at least 4 members (excludes halogenated alkanes) is 1. The molecule has 0 aromatic carbocycles. The molecule has 2 heterocycles. The van der Waals surface area contributed by atoms with Crippen molar-refractivity contribution in [3.8, 4) is 0 Å². The highest BCUT2D eigenvalue weighted by Gasteiger charge is 2.15. The minimum Gasteiger partial charge on any atom is -0.356 e. The number of sulfonamides is 1. The topological polar surface area (TPSA) is 87.2 Å². The zero-order chi connectivity index (χ0) is 16.7. The van der Waals surface area contributed by atoms with Crippen molar-refractivity contribution in [1.29, 1.82) is 0 Å². The molecule has 0 aliphatic carbocycles. The van der Waals surface area contributed by atoms with Gasteiger partial charge in [0.05, 0.1) is 5.75 Å². The monoisotopic (exact) mass is 341 g/mol. The van der Waals surface area contributed by atoms with Gasteiger partial charge in [0.25, 0.3) is 0 Å². The maximum absolute atomic E-state index is 11.7. The van der Waals surface area contributed by atoms with Gasteiger partial charge in [-0.25, -0.2) is 18.1 Å². The molecule has 2 rings (SSSR count). The molecule has 0 bridgehead atoms. The van der Waals surface area contributed by atoms with Crippen LogP contribution < -0.4 is 14.9 Å². The highest BCUT2D eigenvalue weighted by Crippen LogP contribution is 2.19. The molecule has 7 nitrogen and oxygen atoms in total. The van der Waals surface area contributed by atoms with Crippen molar-refractivity contribution < 1.29 is 8.42 Å². The lowest BCUT2D eigenvalue weighted by Crippen LogP contribution is -2.31. The van der Waals surface area contributed by atoms with Crippen LogP contribution in [-0.4, -0.2) is 50.3 Å². The van der Waals surface area contributed by atoms with Crippen LogP contribution in [0.1, 0.15) is 38.3 Å². The molecule has 0 radical (unpaired) electrons. The van der Waals surface area contributed by atoms with Gasteiger partial charge in [0, 0.05) is 37.9 Å². The maximum atomic E-state index is 11.7. The van der Waals surface area contributed by atoms with E-state index in [0.717, 1.165) is 31.0 Å². The predicted molar refractivity (Wildman–Crippen MR) is 93.4 cm³/mol. The van der Waals surface area contributed by atoms with E-state index in [-0.39, 0.29) is 5.75 Å². The highest BCUT2D eigenvalue weighted by molar-refractivity contribution is 7.89. The Kier molecular flexibility index (Phi) is 6.59. The van der Waals surface area contributed by atoms with E-state index >= 15 is 0 Å². The third-order valence-corrected chi connectivity index (χ3v) is 5.24. The lowest BCUT2D eigenvalue weighted by molar-refractivity contribution is 0.579. The maximum Gasteiger partial charge on any atom is 0.224 e. The van der Waals surface area contributed by atoms with Crippen LogP contribution >= 0.6 is 0 Å². The summed E-state index contributed by atoms with van der Waals surface area (Å²) in [5, 5.41) is 3.10. The van der Waals surface area contributed by atoms with Gasteiger partial charge >= 0.3 is 0 Å². The summed E-state index contributed by atoms with van der Waals surface area (Å²) in [6.45, 7) is 6.79. The lowest BCUT2D eigenvalue weighted by Gasteiger charge is -2.17. The molecule has 1 aliphatic rings. The molecule has 1 aliphatic heterocycles. The van der Waals surface area contributed by atoms with E-state index in [1.165, 1.54) is 12.8 Å². The van der Waals surface area contributed by atoms with Crippen LogP contribution in [0.4, 0.5) is 11.8 Å². The number of rotatable bonds is 9. The largest absolute Gasteiger partial charge is 0.356 e. The number of hydrogen-bond donors (Lipinski definition) is 2. The van der Waals surface area contributed by atoms with Gasteiger partial charge in [-0.15, -0.1) is 0 Å². The van der Waals surface area contributed by atoms with Crippen LogP contribution in [0.15, 0.2) is 6.07 Å². The Balaban J connectivity index is 1.83. The van der Waals surface area contributed by atoms with Crippen LogP contribution in [0, 0.1) is 6.92 Å². The Bertz CT molecular complexity index is 600. The van der Waals surface area contributed by atoms with Gasteiger partial charge in [-0.05, 0) is 26.2 Å². The first-order valence-electron chi connectivity index (χ1n) is 8.32. The minimum atomic E-state index is -3.17. The van der Waals surface area contributed by atoms with Crippen LogP contribution in [-0.2, 0) is 10.0 Å². The van der Waals surface area contributed by atoms with Crippen molar-refractivity contribution in [3.05, 3.63) is 11.8 Å². The number of hydrogen-bond acceptors (Lipinski definition) is 6. The number of nitrogens with one attached hydrogen (secondary N) is 2. The second kappa shape index (κ2) is 8.44. The molecule has 8 heteroatoms. The minimum absolute atomic E-state index is 0.184. The normalized spacial score (nSPS) is 15.1. The molecule has 130 valence electrons. The van der Waals surface area contributed by atoms with Crippen LogP contribution in [0.5, 0.6) is 0 Å². The Hall–Kier alpha value is -1.41. The van der Waals surface area contributed by atoms with Crippen molar-refractivity contribution in [2.45, 2.75) is 39.5 Å². The Labute approximate surface area is 138 Å².